The summed E-state index contributed by atoms with van der Waals surface area (Å²) in [5.74, 6) is 1.72. The summed E-state index contributed by atoms with van der Waals surface area (Å²) in [6.45, 7) is 2.29. The van der Waals surface area contributed by atoms with Gasteiger partial charge in [-0.25, -0.2) is 0 Å². The first-order chi connectivity index (χ1) is 8.13. The van der Waals surface area contributed by atoms with Gasteiger partial charge in [0.25, 0.3) is 0 Å². The summed E-state index contributed by atoms with van der Waals surface area (Å²) in [4.78, 5) is 11.9. The Morgan fingerprint density at radius 3 is 2.39 bits per heavy atom. The lowest BCUT2D eigenvalue weighted by molar-refractivity contribution is -0.122. The van der Waals surface area contributed by atoms with Crippen LogP contribution in [-0.4, -0.2) is 18.0 Å². The fraction of sp³-hybridized carbons (Fsp3) is 0.929. The van der Waals surface area contributed by atoms with Crippen molar-refractivity contribution in [1.82, 2.24) is 5.32 Å². The smallest absolute Gasteiger partial charge is 0.220 e. The lowest BCUT2D eigenvalue weighted by atomic mass is 9.91. The minimum absolute atomic E-state index is 0. The Kier molecular flexibility index (Phi) is 6.44. The molecule has 0 aromatic heterocycles. The van der Waals surface area contributed by atoms with Crippen molar-refractivity contribution in [2.45, 2.75) is 70.4 Å². The number of nitrogens with one attached hydrogen (secondary N) is 1. The molecule has 2 fully saturated rings. The van der Waals surface area contributed by atoms with E-state index in [1.165, 1.54) is 19.3 Å². The lowest BCUT2D eigenvalue weighted by Gasteiger charge is -2.27. The zero-order valence-electron chi connectivity index (χ0n) is 11.4. The van der Waals surface area contributed by atoms with E-state index in [0.29, 0.717) is 18.0 Å². The van der Waals surface area contributed by atoms with Gasteiger partial charge < -0.3 is 11.1 Å². The van der Waals surface area contributed by atoms with Gasteiger partial charge in [-0.15, -0.1) is 12.4 Å². The Morgan fingerprint density at radius 2 is 1.83 bits per heavy atom. The van der Waals surface area contributed by atoms with Crippen LogP contribution in [0, 0.1) is 11.8 Å². The van der Waals surface area contributed by atoms with Crippen molar-refractivity contribution in [1.29, 1.82) is 0 Å². The topological polar surface area (TPSA) is 55.1 Å². The maximum Gasteiger partial charge on any atom is 0.220 e. The number of halogens is 1. The summed E-state index contributed by atoms with van der Waals surface area (Å²) < 4.78 is 0. The SMILES string of the molecule is CC1CCC(CC(=O)NC2CCC(N)CC2)C1.Cl. The highest BCUT2D eigenvalue weighted by molar-refractivity contribution is 5.85. The number of carbonyl (C=O) groups is 1. The van der Waals surface area contributed by atoms with Crippen LogP contribution in [0.25, 0.3) is 0 Å². The fourth-order valence-electron chi connectivity index (χ4n) is 3.32. The van der Waals surface area contributed by atoms with E-state index in [1.807, 2.05) is 0 Å². The molecule has 0 heterocycles. The van der Waals surface area contributed by atoms with E-state index in [2.05, 4.69) is 12.2 Å². The third kappa shape index (κ3) is 4.77. The normalized spacial score (nSPS) is 35.9. The predicted octanol–water partition coefficient (Wildman–Crippen LogP) is 2.62. The van der Waals surface area contributed by atoms with Gasteiger partial charge in [0.2, 0.25) is 5.91 Å². The number of carbonyl (C=O) groups excluding carboxylic acids is 1. The molecular formula is C14H27ClN2O. The molecule has 3 N–H and O–H groups in total. The molecule has 1 amide bonds. The van der Waals surface area contributed by atoms with Crippen LogP contribution in [0.4, 0.5) is 0 Å². The van der Waals surface area contributed by atoms with Crippen molar-refractivity contribution in [2.75, 3.05) is 0 Å². The van der Waals surface area contributed by atoms with E-state index >= 15 is 0 Å². The van der Waals surface area contributed by atoms with E-state index in [9.17, 15) is 4.79 Å². The summed E-state index contributed by atoms with van der Waals surface area (Å²) in [5, 5.41) is 3.19. The van der Waals surface area contributed by atoms with E-state index in [4.69, 9.17) is 5.73 Å². The molecule has 0 radical (unpaired) electrons. The highest BCUT2D eigenvalue weighted by Gasteiger charge is 2.25. The molecule has 0 aromatic carbocycles. The zero-order chi connectivity index (χ0) is 12.3. The van der Waals surface area contributed by atoms with Gasteiger partial charge in [-0.2, -0.15) is 0 Å². The molecule has 3 nitrogen and oxygen atoms in total. The molecule has 4 heteroatoms. The van der Waals surface area contributed by atoms with E-state index < -0.39 is 0 Å². The standard InChI is InChI=1S/C14H26N2O.ClH/c1-10-2-3-11(8-10)9-14(17)16-13-6-4-12(15)5-7-13;/h10-13H,2-9,15H2,1H3,(H,16,17);1H. The molecule has 2 unspecified atom stereocenters. The van der Waals surface area contributed by atoms with Crippen molar-refractivity contribution in [3.63, 3.8) is 0 Å². The van der Waals surface area contributed by atoms with Gasteiger partial charge in [0.1, 0.15) is 0 Å². The summed E-state index contributed by atoms with van der Waals surface area (Å²) >= 11 is 0. The Balaban J connectivity index is 0.00000162. The first-order valence-electron chi connectivity index (χ1n) is 7.18. The van der Waals surface area contributed by atoms with Crippen LogP contribution in [0.3, 0.4) is 0 Å². The number of hydrogen-bond acceptors (Lipinski definition) is 2. The van der Waals surface area contributed by atoms with Crippen LogP contribution in [0.2, 0.25) is 0 Å². The molecule has 2 aliphatic rings. The van der Waals surface area contributed by atoms with E-state index in [-0.39, 0.29) is 18.3 Å². The third-order valence-electron chi connectivity index (χ3n) is 4.41. The Hall–Kier alpha value is -0.280. The molecule has 106 valence electrons. The molecule has 0 aliphatic heterocycles. The van der Waals surface area contributed by atoms with Crippen LogP contribution in [-0.2, 0) is 4.79 Å². The van der Waals surface area contributed by atoms with Crippen LogP contribution >= 0.6 is 12.4 Å². The van der Waals surface area contributed by atoms with Crippen LogP contribution in [0.15, 0.2) is 0 Å². The largest absolute Gasteiger partial charge is 0.353 e. The second kappa shape index (κ2) is 7.34. The average Bonchev–Trinajstić information content (AvgIpc) is 2.67. The van der Waals surface area contributed by atoms with Crippen molar-refractivity contribution >= 4 is 18.3 Å². The fourth-order valence-corrected chi connectivity index (χ4v) is 3.32. The summed E-state index contributed by atoms with van der Waals surface area (Å²) in [7, 11) is 0. The lowest BCUT2D eigenvalue weighted by Crippen LogP contribution is -2.40. The zero-order valence-corrected chi connectivity index (χ0v) is 12.2. The molecule has 2 saturated carbocycles. The molecular weight excluding hydrogens is 248 g/mol. The Bertz CT molecular complexity index is 265. The maximum absolute atomic E-state index is 11.9. The van der Waals surface area contributed by atoms with Crippen LogP contribution in [0.5, 0.6) is 0 Å². The molecule has 2 atom stereocenters. The predicted molar refractivity (Wildman–Crippen MR) is 76.7 cm³/mol. The molecule has 0 aromatic rings. The van der Waals surface area contributed by atoms with Gasteiger partial charge >= 0.3 is 0 Å². The molecule has 0 saturated heterocycles. The molecule has 2 rings (SSSR count). The average molecular weight is 275 g/mol. The second-order valence-electron chi connectivity index (χ2n) is 6.17. The number of nitrogens with two attached hydrogens (primary N) is 1. The second-order valence-corrected chi connectivity index (χ2v) is 6.17. The van der Waals surface area contributed by atoms with Gasteiger partial charge in [-0.3, -0.25) is 4.79 Å². The minimum Gasteiger partial charge on any atom is -0.353 e. The number of amides is 1. The minimum atomic E-state index is 0. The van der Waals surface area contributed by atoms with Crippen LogP contribution in [0.1, 0.15) is 58.3 Å². The van der Waals surface area contributed by atoms with Crippen LogP contribution < -0.4 is 11.1 Å². The number of rotatable bonds is 3. The first-order valence-corrected chi connectivity index (χ1v) is 7.18. The van der Waals surface area contributed by atoms with Crippen molar-refractivity contribution in [2.24, 2.45) is 17.6 Å². The number of hydrogen-bond donors (Lipinski definition) is 2. The quantitative estimate of drug-likeness (QED) is 0.831. The van der Waals surface area contributed by atoms with Gasteiger partial charge in [0, 0.05) is 18.5 Å². The molecule has 0 spiro atoms. The molecule has 0 bridgehead atoms. The van der Waals surface area contributed by atoms with Gasteiger partial charge in [0.15, 0.2) is 0 Å². The van der Waals surface area contributed by atoms with Gasteiger partial charge in [-0.1, -0.05) is 13.3 Å². The van der Waals surface area contributed by atoms with Crippen molar-refractivity contribution < 1.29 is 4.79 Å². The summed E-state index contributed by atoms with van der Waals surface area (Å²) in [5.41, 5.74) is 5.86. The summed E-state index contributed by atoms with van der Waals surface area (Å²) in [6, 6.07) is 0.750. The highest BCUT2D eigenvalue weighted by Crippen LogP contribution is 2.32. The Labute approximate surface area is 117 Å². The maximum atomic E-state index is 11.9. The summed E-state index contributed by atoms with van der Waals surface area (Å²) in [6.07, 6.45) is 8.77. The third-order valence-corrected chi connectivity index (χ3v) is 4.41. The van der Waals surface area contributed by atoms with Gasteiger partial charge in [0.05, 0.1) is 0 Å². The van der Waals surface area contributed by atoms with Crippen molar-refractivity contribution in [3.8, 4) is 0 Å². The highest BCUT2D eigenvalue weighted by atomic mass is 35.5. The molecule has 18 heavy (non-hydrogen) atoms. The van der Waals surface area contributed by atoms with E-state index in [0.717, 1.165) is 38.0 Å². The first kappa shape index (κ1) is 15.8. The van der Waals surface area contributed by atoms with E-state index in [1.54, 1.807) is 0 Å². The molecule has 2 aliphatic carbocycles. The van der Waals surface area contributed by atoms with Crippen molar-refractivity contribution in [3.05, 3.63) is 0 Å². The van der Waals surface area contributed by atoms with Gasteiger partial charge in [-0.05, 0) is 50.4 Å². The monoisotopic (exact) mass is 274 g/mol. The Morgan fingerprint density at radius 1 is 1.17 bits per heavy atom.